The van der Waals surface area contributed by atoms with Crippen molar-refractivity contribution in [3.63, 3.8) is 0 Å². The van der Waals surface area contributed by atoms with E-state index in [4.69, 9.17) is 10.8 Å². The molecule has 1 aromatic heterocycles. The van der Waals surface area contributed by atoms with Crippen LogP contribution in [-0.2, 0) is 11.2 Å². The number of carbonyl (C=O) groups excluding carboxylic acids is 1. The second-order valence-electron chi connectivity index (χ2n) is 3.21. The topological polar surface area (TPSA) is 105 Å². The highest BCUT2D eigenvalue weighted by atomic mass is 16.4. The third kappa shape index (κ3) is 3.23. The van der Waals surface area contributed by atoms with Crippen LogP contribution in [0.3, 0.4) is 0 Å². The summed E-state index contributed by atoms with van der Waals surface area (Å²) in [7, 11) is 0. The number of amides is 1. The average molecular weight is 223 g/mol. The van der Waals surface area contributed by atoms with Crippen molar-refractivity contribution < 1.29 is 14.7 Å². The molecule has 86 valence electrons. The van der Waals surface area contributed by atoms with E-state index >= 15 is 0 Å². The molecule has 4 N–H and O–H groups in total. The van der Waals surface area contributed by atoms with Gasteiger partial charge < -0.3 is 16.2 Å². The van der Waals surface area contributed by atoms with Gasteiger partial charge in [-0.2, -0.15) is 0 Å². The fourth-order valence-electron chi connectivity index (χ4n) is 1.16. The minimum atomic E-state index is -1.03. The Bertz CT molecular complexity index is 418. The van der Waals surface area contributed by atoms with Crippen molar-refractivity contribution in [2.75, 3.05) is 11.9 Å². The number of hydrogen-bond donors (Lipinski definition) is 3. The van der Waals surface area contributed by atoms with Crippen LogP contribution in [0, 0.1) is 0 Å². The molecular weight excluding hydrogens is 210 g/mol. The van der Waals surface area contributed by atoms with Gasteiger partial charge in [-0.25, -0.2) is 9.78 Å². The first-order chi connectivity index (χ1) is 7.52. The summed E-state index contributed by atoms with van der Waals surface area (Å²) in [4.78, 5) is 25.5. The number of carboxylic acids is 1. The molecule has 1 heterocycles. The standard InChI is InChI=1S/C10H13N3O3/c1-2-7-3-6(10(15)16)4-9(13-7)12-5-8(11)14/h3-4H,2,5H2,1H3,(H2,11,14)(H,12,13)(H,15,16). The number of primary amides is 1. The maximum atomic E-state index is 10.8. The SMILES string of the molecule is CCc1cc(C(=O)O)cc(NCC(N)=O)n1. The Labute approximate surface area is 92.5 Å². The Balaban J connectivity index is 2.95. The number of carbonyl (C=O) groups is 2. The van der Waals surface area contributed by atoms with Crippen molar-refractivity contribution >= 4 is 17.7 Å². The molecule has 0 saturated carbocycles. The quantitative estimate of drug-likeness (QED) is 0.663. The number of rotatable bonds is 5. The van der Waals surface area contributed by atoms with Crippen LogP contribution in [0.15, 0.2) is 12.1 Å². The zero-order chi connectivity index (χ0) is 12.1. The maximum absolute atomic E-state index is 10.8. The monoisotopic (exact) mass is 223 g/mol. The molecule has 0 atom stereocenters. The minimum Gasteiger partial charge on any atom is -0.478 e. The van der Waals surface area contributed by atoms with Crippen LogP contribution in [0.1, 0.15) is 23.0 Å². The van der Waals surface area contributed by atoms with Crippen LogP contribution >= 0.6 is 0 Å². The average Bonchev–Trinajstić information content (AvgIpc) is 2.25. The number of hydrogen-bond acceptors (Lipinski definition) is 4. The van der Waals surface area contributed by atoms with Gasteiger partial charge in [0.15, 0.2) is 0 Å². The maximum Gasteiger partial charge on any atom is 0.335 e. The lowest BCUT2D eigenvalue weighted by atomic mass is 10.2. The van der Waals surface area contributed by atoms with Gasteiger partial charge in [0.25, 0.3) is 0 Å². The van der Waals surface area contributed by atoms with Crippen molar-refractivity contribution in [1.29, 1.82) is 0 Å². The zero-order valence-corrected chi connectivity index (χ0v) is 8.86. The summed E-state index contributed by atoms with van der Waals surface area (Å²) >= 11 is 0. The number of aromatic nitrogens is 1. The molecule has 0 spiro atoms. The van der Waals surface area contributed by atoms with E-state index in [-0.39, 0.29) is 12.1 Å². The molecule has 6 nitrogen and oxygen atoms in total. The third-order valence-corrected chi connectivity index (χ3v) is 1.93. The molecule has 1 rings (SSSR count). The Kier molecular flexibility index (Phi) is 3.82. The van der Waals surface area contributed by atoms with Gasteiger partial charge in [0.2, 0.25) is 5.91 Å². The summed E-state index contributed by atoms with van der Waals surface area (Å²) in [6.45, 7) is 1.80. The minimum absolute atomic E-state index is 0.0702. The lowest BCUT2D eigenvalue weighted by Gasteiger charge is -2.06. The van der Waals surface area contributed by atoms with Gasteiger partial charge in [0.1, 0.15) is 5.82 Å². The molecule has 6 heteroatoms. The van der Waals surface area contributed by atoms with Crippen LogP contribution in [0.2, 0.25) is 0 Å². The van der Waals surface area contributed by atoms with Crippen LogP contribution < -0.4 is 11.1 Å². The summed E-state index contributed by atoms with van der Waals surface area (Å²) in [6, 6.07) is 2.86. The fraction of sp³-hybridized carbons (Fsp3) is 0.300. The van der Waals surface area contributed by atoms with Crippen LogP contribution in [0.25, 0.3) is 0 Å². The van der Waals surface area contributed by atoms with Crippen molar-refractivity contribution in [3.05, 3.63) is 23.4 Å². The van der Waals surface area contributed by atoms with Gasteiger partial charge in [0.05, 0.1) is 12.1 Å². The molecule has 0 radical (unpaired) electrons. The van der Waals surface area contributed by atoms with E-state index in [0.29, 0.717) is 17.9 Å². The first-order valence-corrected chi connectivity index (χ1v) is 4.79. The number of pyridine rings is 1. The highest BCUT2D eigenvalue weighted by molar-refractivity contribution is 5.88. The Morgan fingerprint density at radius 1 is 1.50 bits per heavy atom. The van der Waals surface area contributed by atoms with Gasteiger partial charge in [-0.15, -0.1) is 0 Å². The fourth-order valence-corrected chi connectivity index (χ4v) is 1.16. The predicted molar refractivity (Wildman–Crippen MR) is 58.3 cm³/mol. The molecular formula is C10H13N3O3. The highest BCUT2D eigenvalue weighted by Gasteiger charge is 2.07. The van der Waals surface area contributed by atoms with Gasteiger partial charge in [-0.3, -0.25) is 4.79 Å². The number of nitrogens with zero attached hydrogens (tertiary/aromatic N) is 1. The summed E-state index contributed by atoms with van der Waals surface area (Å²) in [5, 5.41) is 11.5. The first-order valence-electron chi connectivity index (χ1n) is 4.79. The Morgan fingerprint density at radius 2 is 2.19 bits per heavy atom. The van der Waals surface area contributed by atoms with Gasteiger partial charge in [0, 0.05) is 5.69 Å². The number of nitrogens with one attached hydrogen (secondary N) is 1. The molecule has 1 amide bonds. The molecule has 0 bridgehead atoms. The second kappa shape index (κ2) is 5.11. The van der Waals surface area contributed by atoms with Crippen molar-refractivity contribution in [2.24, 2.45) is 5.73 Å². The first kappa shape index (κ1) is 12.0. The number of anilines is 1. The second-order valence-corrected chi connectivity index (χ2v) is 3.21. The Morgan fingerprint density at radius 3 is 2.69 bits per heavy atom. The smallest absolute Gasteiger partial charge is 0.335 e. The highest BCUT2D eigenvalue weighted by Crippen LogP contribution is 2.11. The molecule has 0 aromatic carbocycles. The molecule has 0 aliphatic rings. The summed E-state index contributed by atoms with van der Waals surface area (Å²) in [5.41, 5.74) is 5.75. The van der Waals surface area contributed by atoms with E-state index in [9.17, 15) is 9.59 Å². The van der Waals surface area contributed by atoms with E-state index in [0.717, 1.165) is 0 Å². The van der Waals surface area contributed by atoms with E-state index in [1.54, 1.807) is 0 Å². The van der Waals surface area contributed by atoms with Gasteiger partial charge in [-0.1, -0.05) is 6.92 Å². The van der Waals surface area contributed by atoms with Crippen LogP contribution in [-0.4, -0.2) is 28.5 Å². The van der Waals surface area contributed by atoms with Crippen molar-refractivity contribution in [3.8, 4) is 0 Å². The molecule has 16 heavy (non-hydrogen) atoms. The molecule has 0 saturated heterocycles. The number of aryl methyl sites for hydroxylation is 1. The number of aromatic carboxylic acids is 1. The summed E-state index contributed by atoms with van der Waals surface area (Å²) in [5.74, 6) is -1.21. The van der Waals surface area contributed by atoms with E-state index in [1.165, 1.54) is 12.1 Å². The summed E-state index contributed by atoms with van der Waals surface area (Å²) < 4.78 is 0. The lowest BCUT2D eigenvalue weighted by Crippen LogP contribution is -2.22. The van der Waals surface area contributed by atoms with Gasteiger partial charge >= 0.3 is 5.97 Å². The van der Waals surface area contributed by atoms with E-state index in [1.807, 2.05) is 6.92 Å². The van der Waals surface area contributed by atoms with E-state index < -0.39 is 11.9 Å². The molecule has 0 fully saturated rings. The molecule has 1 aromatic rings. The van der Waals surface area contributed by atoms with Crippen LogP contribution in [0.5, 0.6) is 0 Å². The van der Waals surface area contributed by atoms with Crippen LogP contribution in [0.4, 0.5) is 5.82 Å². The molecule has 0 unspecified atom stereocenters. The molecule has 0 aliphatic heterocycles. The predicted octanol–water partition coefficient (Wildman–Crippen LogP) is 0.239. The van der Waals surface area contributed by atoms with Crippen molar-refractivity contribution in [2.45, 2.75) is 13.3 Å². The number of carboxylic acid groups (broad SMARTS) is 1. The third-order valence-electron chi connectivity index (χ3n) is 1.93. The van der Waals surface area contributed by atoms with Crippen molar-refractivity contribution in [1.82, 2.24) is 4.98 Å². The zero-order valence-electron chi connectivity index (χ0n) is 8.86. The van der Waals surface area contributed by atoms with E-state index in [2.05, 4.69) is 10.3 Å². The summed E-state index contributed by atoms with van der Waals surface area (Å²) in [6.07, 6.45) is 0.617. The Hall–Kier alpha value is -2.11. The largest absolute Gasteiger partial charge is 0.478 e. The number of nitrogens with two attached hydrogens (primary N) is 1. The lowest BCUT2D eigenvalue weighted by molar-refractivity contribution is -0.116. The van der Waals surface area contributed by atoms with Gasteiger partial charge in [-0.05, 0) is 18.6 Å². The molecule has 0 aliphatic carbocycles. The normalized spacial score (nSPS) is 9.81.